The van der Waals surface area contributed by atoms with E-state index in [2.05, 4.69) is 20.7 Å². The molecule has 0 bridgehead atoms. The fourth-order valence-corrected chi connectivity index (χ4v) is 5.17. The van der Waals surface area contributed by atoms with Gasteiger partial charge in [0.2, 0.25) is 0 Å². The number of alkyl halides is 2. The Hall–Kier alpha value is -4.81. The summed E-state index contributed by atoms with van der Waals surface area (Å²) in [6.45, 7) is 6.93. The van der Waals surface area contributed by atoms with E-state index >= 15 is 0 Å². The number of ether oxygens (including phenoxy) is 1. The SMILES string of the molecule is Cc1c(C(=O)OC(C)(C)C)ccc2c1CC[C@@H]2NC(=O)c1cc(C(=O)NCc2ccc(F)c(C(F)F)c2)nc2c(F)cnn12. The van der Waals surface area contributed by atoms with Gasteiger partial charge in [0, 0.05) is 12.6 Å². The van der Waals surface area contributed by atoms with Crippen molar-refractivity contribution in [1.82, 2.24) is 25.2 Å². The lowest BCUT2D eigenvalue weighted by atomic mass is 9.97. The average Bonchev–Trinajstić information content (AvgIpc) is 3.54. The highest BCUT2D eigenvalue weighted by Crippen LogP contribution is 2.35. The summed E-state index contributed by atoms with van der Waals surface area (Å²) >= 11 is 0. The van der Waals surface area contributed by atoms with Crippen molar-refractivity contribution in [2.45, 2.75) is 65.1 Å². The molecule has 0 fully saturated rings. The van der Waals surface area contributed by atoms with Crippen LogP contribution in [0.15, 0.2) is 42.6 Å². The van der Waals surface area contributed by atoms with E-state index < -0.39 is 53.0 Å². The predicted molar refractivity (Wildman–Crippen MR) is 150 cm³/mol. The standard InChI is InChI=1S/C31H29F4N5O4/c1-15-17-8-10-23(19(17)7-6-18(15)30(43)44-31(2,3)4)39-29(42)25-12-24(38-27-22(33)14-37-40(25)27)28(41)36-13-16-5-9-21(32)20(11-16)26(34)35/h5-7,9,11-12,14,23,26H,8,10,13H2,1-4H3,(H,36,41)(H,39,42)/t23-/m0/s1. The first-order chi connectivity index (χ1) is 20.7. The Morgan fingerprint density at radius 3 is 2.52 bits per heavy atom. The molecule has 13 heteroatoms. The molecule has 0 unspecified atom stereocenters. The van der Waals surface area contributed by atoms with Gasteiger partial charge in [-0.3, -0.25) is 9.59 Å². The fraction of sp³-hybridized carbons (Fsp3) is 0.323. The molecule has 0 saturated carbocycles. The van der Waals surface area contributed by atoms with E-state index in [0.717, 1.165) is 45.6 Å². The fourth-order valence-electron chi connectivity index (χ4n) is 5.17. The molecule has 1 aliphatic rings. The van der Waals surface area contributed by atoms with Crippen LogP contribution in [0.25, 0.3) is 5.65 Å². The summed E-state index contributed by atoms with van der Waals surface area (Å²) in [4.78, 5) is 43.2. The van der Waals surface area contributed by atoms with E-state index in [1.165, 1.54) is 6.07 Å². The van der Waals surface area contributed by atoms with Crippen LogP contribution in [0.4, 0.5) is 17.6 Å². The van der Waals surface area contributed by atoms with Gasteiger partial charge < -0.3 is 15.4 Å². The number of rotatable bonds is 7. The number of nitrogens with zero attached hydrogens (tertiary/aromatic N) is 3. The highest BCUT2D eigenvalue weighted by Gasteiger charge is 2.30. The van der Waals surface area contributed by atoms with Crippen LogP contribution in [0.2, 0.25) is 0 Å². The molecular formula is C31H29F4N5O4. The predicted octanol–water partition coefficient (Wildman–Crippen LogP) is 5.56. The molecule has 2 N–H and O–H groups in total. The number of fused-ring (bicyclic) bond motifs is 2. The molecule has 2 aromatic heterocycles. The number of carbonyl (C=O) groups excluding carboxylic acids is 3. The van der Waals surface area contributed by atoms with Crippen LogP contribution in [0.5, 0.6) is 0 Å². The summed E-state index contributed by atoms with van der Waals surface area (Å²) in [5.41, 5.74) is 0.828. The maximum Gasteiger partial charge on any atom is 0.338 e. The van der Waals surface area contributed by atoms with Crippen molar-refractivity contribution >= 4 is 23.4 Å². The molecule has 0 saturated heterocycles. The average molecular weight is 612 g/mol. The van der Waals surface area contributed by atoms with Crippen LogP contribution in [0, 0.1) is 18.6 Å². The number of benzene rings is 2. The van der Waals surface area contributed by atoms with E-state index in [4.69, 9.17) is 4.74 Å². The highest BCUT2D eigenvalue weighted by molar-refractivity contribution is 5.98. The Morgan fingerprint density at radius 1 is 1.07 bits per heavy atom. The van der Waals surface area contributed by atoms with Gasteiger partial charge in [-0.25, -0.2) is 31.9 Å². The lowest BCUT2D eigenvalue weighted by molar-refractivity contribution is 0.00682. The molecule has 2 amide bonds. The minimum Gasteiger partial charge on any atom is -0.456 e. The number of hydrogen-bond acceptors (Lipinski definition) is 6. The molecular weight excluding hydrogens is 582 g/mol. The molecule has 9 nitrogen and oxygen atoms in total. The minimum absolute atomic E-state index is 0.165. The first-order valence-electron chi connectivity index (χ1n) is 13.8. The quantitative estimate of drug-likeness (QED) is 0.209. The summed E-state index contributed by atoms with van der Waals surface area (Å²) in [7, 11) is 0. The Bertz CT molecular complexity index is 1800. The van der Waals surface area contributed by atoms with Gasteiger partial charge in [0.05, 0.1) is 23.4 Å². The third kappa shape index (κ3) is 6.12. The van der Waals surface area contributed by atoms with Crippen molar-refractivity contribution in [2.24, 2.45) is 0 Å². The summed E-state index contributed by atoms with van der Waals surface area (Å²) < 4.78 is 60.8. The Balaban J connectivity index is 1.37. The van der Waals surface area contributed by atoms with Gasteiger partial charge in [-0.1, -0.05) is 12.1 Å². The largest absolute Gasteiger partial charge is 0.456 e. The Morgan fingerprint density at radius 2 is 1.82 bits per heavy atom. The zero-order valence-corrected chi connectivity index (χ0v) is 24.3. The van der Waals surface area contributed by atoms with Crippen molar-refractivity contribution in [3.8, 4) is 0 Å². The van der Waals surface area contributed by atoms with Crippen LogP contribution in [-0.4, -0.2) is 38.0 Å². The number of hydrogen-bond donors (Lipinski definition) is 2. The van der Waals surface area contributed by atoms with Crippen molar-refractivity contribution in [1.29, 1.82) is 0 Å². The van der Waals surface area contributed by atoms with Gasteiger partial charge in [0.15, 0.2) is 11.5 Å². The summed E-state index contributed by atoms with van der Waals surface area (Å²) in [6.07, 6.45) is -1.05. The van der Waals surface area contributed by atoms with E-state index in [1.54, 1.807) is 32.9 Å². The summed E-state index contributed by atoms with van der Waals surface area (Å²) in [5.74, 6) is -3.85. The van der Waals surface area contributed by atoms with Gasteiger partial charge in [-0.15, -0.1) is 0 Å². The second kappa shape index (κ2) is 11.7. The number of aromatic nitrogens is 3. The topological polar surface area (TPSA) is 115 Å². The molecule has 44 heavy (non-hydrogen) atoms. The van der Waals surface area contributed by atoms with Crippen LogP contribution < -0.4 is 10.6 Å². The third-order valence-corrected chi connectivity index (χ3v) is 7.26. The Kier molecular flexibility index (Phi) is 8.15. The normalized spacial score (nSPS) is 14.5. The molecule has 1 atom stereocenters. The van der Waals surface area contributed by atoms with Crippen molar-refractivity contribution < 1.29 is 36.7 Å². The van der Waals surface area contributed by atoms with Crippen LogP contribution in [0.3, 0.4) is 0 Å². The molecule has 2 aromatic carbocycles. The molecule has 230 valence electrons. The van der Waals surface area contributed by atoms with E-state index in [0.29, 0.717) is 18.4 Å². The van der Waals surface area contributed by atoms with Crippen LogP contribution in [-0.2, 0) is 17.7 Å². The monoisotopic (exact) mass is 611 g/mol. The summed E-state index contributed by atoms with van der Waals surface area (Å²) in [6, 6.07) is 7.18. The number of carbonyl (C=O) groups is 3. The second-order valence-corrected chi connectivity index (χ2v) is 11.5. The number of halogens is 4. The van der Waals surface area contributed by atoms with Crippen LogP contribution in [0.1, 0.15) is 98.8 Å². The number of esters is 1. The summed E-state index contributed by atoms with van der Waals surface area (Å²) in [5, 5.41) is 9.27. The van der Waals surface area contributed by atoms with Gasteiger partial charge in [0.1, 0.15) is 22.8 Å². The van der Waals surface area contributed by atoms with Crippen molar-refractivity contribution in [3.63, 3.8) is 0 Å². The van der Waals surface area contributed by atoms with E-state index in [-0.39, 0.29) is 29.1 Å². The second-order valence-electron chi connectivity index (χ2n) is 11.5. The number of nitrogens with one attached hydrogen (secondary N) is 2. The zero-order valence-electron chi connectivity index (χ0n) is 24.3. The molecule has 4 aromatic rings. The zero-order chi connectivity index (χ0) is 31.9. The van der Waals surface area contributed by atoms with Crippen molar-refractivity contribution in [3.05, 3.63) is 99.0 Å². The van der Waals surface area contributed by atoms with Gasteiger partial charge in [0.25, 0.3) is 18.2 Å². The molecule has 2 heterocycles. The maximum atomic E-state index is 14.5. The smallest absolute Gasteiger partial charge is 0.338 e. The Labute approximate surface area is 249 Å². The van der Waals surface area contributed by atoms with E-state index in [9.17, 15) is 31.9 Å². The third-order valence-electron chi connectivity index (χ3n) is 7.26. The minimum atomic E-state index is -3.04. The molecule has 0 aliphatic heterocycles. The van der Waals surface area contributed by atoms with Crippen LogP contribution >= 0.6 is 0 Å². The first-order valence-corrected chi connectivity index (χ1v) is 13.8. The van der Waals surface area contributed by atoms with Gasteiger partial charge >= 0.3 is 5.97 Å². The van der Waals surface area contributed by atoms with Gasteiger partial charge in [-0.05, 0) is 81.0 Å². The molecule has 0 radical (unpaired) electrons. The first kappa shape index (κ1) is 30.6. The maximum absolute atomic E-state index is 14.5. The lowest BCUT2D eigenvalue weighted by Gasteiger charge is -2.21. The van der Waals surface area contributed by atoms with Gasteiger partial charge in [-0.2, -0.15) is 5.10 Å². The molecule has 1 aliphatic carbocycles. The lowest BCUT2D eigenvalue weighted by Crippen LogP contribution is -2.31. The number of amides is 2. The molecule has 0 spiro atoms. The van der Waals surface area contributed by atoms with E-state index in [1.807, 2.05) is 6.92 Å². The van der Waals surface area contributed by atoms with Crippen molar-refractivity contribution in [2.75, 3.05) is 0 Å². The molecule has 5 rings (SSSR count). The highest BCUT2D eigenvalue weighted by atomic mass is 19.3.